The number of fused-ring (bicyclic) bond motifs is 1. The number of phenols is 1. The summed E-state index contributed by atoms with van der Waals surface area (Å²) in [6.07, 6.45) is 3.77. The molecule has 2 aromatic rings. The van der Waals surface area contributed by atoms with E-state index in [4.69, 9.17) is 0 Å². The first-order chi connectivity index (χ1) is 15.5. The number of phenolic OH excluding ortho intramolecular Hbond substituents is 1. The quantitative estimate of drug-likeness (QED) is 0.753. The van der Waals surface area contributed by atoms with E-state index in [0.29, 0.717) is 38.0 Å². The Hall–Kier alpha value is -3.09. The Labute approximate surface area is 188 Å². The molecule has 2 N–H and O–H groups in total. The molecular weight excluding hydrogens is 406 g/mol. The number of hydrogen-bond donors (Lipinski definition) is 2. The summed E-state index contributed by atoms with van der Waals surface area (Å²) in [5, 5.41) is 15.1. The Morgan fingerprint density at radius 3 is 2.66 bits per heavy atom. The SMILES string of the molecule is CCCNC(=O)C1CCCN(C(=O)C2CCCN2C(=O)c2ccc3ccccc3c2O)C1. The van der Waals surface area contributed by atoms with Crippen molar-refractivity contribution in [2.75, 3.05) is 26.2 Å². The molecule has 2 aromatic carbocycles. The lowest BCUT2D eigenvalue weighted by Crippen LogP contribution is -2.52. The Balaban J connectivity index is 1.49. The minimum Gasteiger partial charge on any atom is -0.506 e. The van der Waals surface area contributed by atoms with Gasteiger partial charge in [-0.1, -0.05) is 37.3 Å². The third kappa shape index (κ3) is 4.29. The van der Waals surface area contributed by atoms with Crippen LogP contribution in [0.4, 0.5) is 0 Å². The minimum atomic E-state index is -0.550. The normalized spacial score (nSPS) is 21.0. The molecule has 32 heavy (non-hydrogen) atoms. The topological polar surface area (TPSA) is 90.0 Å². The Bertz CT molecular complexity index is 1020. The number of likely N-dealkylation sites (tertiary alicyclic amines) is 2. The average molecular weight is 438 g/mol. The number of aromatic hydroxyl groups is 1. The van der Waals surface area contributed by atoms with Gasteiger partial charge in [-0.15, -0.1) is 0 Å². The molecule has 2 fully saturated rings. The van der Waals surface area contributed by atoms with Crippen LogP contribution in [0, 0.1) is 5.92 Å². The lowest BCUT2D eigenvalue weighted by Gasteiger charge is -2.35. The van der Waals surface area contributed by atoms with Crippen molar-refractivity contribution in [3.8, 4) is 5.75 Å². The highest BCUT2D eigenvalue weighted by Crippen LogP contribution is 2.32. The van der Waals surface area contributed by atoms with Gasteiger partial charge >= 0.3 is 0 Å². The highest BCUT2D eigenvalue weighted by molar-refractivity contribution is 6.05. The predicted octanol–water partition coefficient (Wildman–Crippen LogP) is 2.91. The largest absolute Gasteiger partial charge is 0.506 e. The van der Waals surface area contributed by atoms with Crippen LogP contribution in [0.15, 0.2) is 36.4 Å². The first-order valence-electron chi connectivity index (χ1n) is 11.6. The van der Waals surface area contributed by atoms with Crippen LogP contribution >= 0.6 is 0 Å². The van der Waals surface area contributed by atoms with Gasteiger partial charge in [0.05, 0.1) is 11.5 Å². The van der Waals surface area contributed by atoms with Crippen LogP contribution in [-0.2, 0) is 9.59 Å². The van der Waals surface area contributed by atoms with Crippen molar-refractivity contribution in [1.82, 2.24) is 15.1 Å². The van der Waals surface area contributed by atoms with Crippen LogP contribution in [0.5, 0.6) is 5.75 Å². The number of carbonyl (C=O) groups is 3. The molecule has 7 heteroatoms. The number of piperidine rings is 1. The van der Waals surface area contributed by atoms with Crippen molar-refractivity contribution in [2.45, 2.75) is 45.1 Å². The lowest BCUT2D eigenvalue weighted by atomic mass is 9.96. The number of amides is 3. The van der Waals surface area contributed by atoms with E-state index in [1.807, 2.05) is 31.2 Å². The van der Waals surface area contributed by atoms with E-state index in [-0.39, 0.29) is 35.0 Å². The summed E-state index contributed by atoms with van der Waals surface area (Å²) in [5.41, 5.74) is 0.221. The van der Waals surface area contributed by atoms with Crippen LogP contribution in [-0.4, -0.2) is 64.8 Å². The smallest absolute Gasteiger partial charge is 0.258 e. The lowest BCUT2D eigenvalue weighted by molar-refractivity contribution is -0.139. The van der Waals surface area contributed by atoms with Gasteiger partial charge in [0.1, 0.15) is 11.8 Å². The van der Waals surface area contributed by atoms with Gasteiger partial charge in [0.25, 0.3) is 5.91 Å². The van der Waals surface area contributed by atoms with Crippen LogP contribution in [0.2, 0.25) is 0 Å². The summed E-state index contributed by atoms with van der Waals surface area (Å²) in [4.78, 5) is 42.4. The molecule has 2 unspecified atom stereocenters. The number of nitrogens with zero attached hydrogens (tertiary/aromatic N) is 2. The molecule has 0 aliphatic carbocycles. The van der Waals surface area contributed by atoms with E-state index in [1.165, 1.54) is 0 Å². The standard InChI is InChI=1S/C25H31N3O4/c1-2-13-26-23(30)18-8-5-14-27(16-18)25(32)21-10-6-15-28(21)24(31)20-12-11-17-7-3-4-9-19(17)22(20)29/h3-4,7,9,11-12,18,21,29H,2,5-6,8,10,13-16H2,1H3,(H,26,30). The van der Waals surface area contributed by atoms with Gasteiger partial charge in [-0.3, -0.25) is 14.4 Å². The van der Waals surface area contributed by atoms with Gasteiger partial charge in [0.2, 0.25) is 11.8 Å². The average Bonchev–Trinajstić information content (AvgIpc) is 3.32. The highest BCUT2D eigenvalue weighted by Gasteiger charge is 2.39. The molecule has 170 valence electrons. The van der Waals surface area contributed by atoms with Crippen molar-refractivity contribution in [1.29, 1.82) is 0 Å². The molecule has 0 saturated carbocycles. The zero-order chi connectivity index (χ0) is 22.7. The van der Waals surface area contributed by atoms with Gasteiger partial charge in [-0.05, 0) is 43.6 Å². The Morgan fingerprint density at radius 2 is 1.84 bits per heavy atom. The predicted molar refractivity (Wildman–Crippen MR) is 122 cm³/mol. The molecule has 0 aromatic heterocycles. The summed E-state index contributed by atoms with van der Waals surface area (Å²) in [6, 6.07) is 10.3. The van der Waals surface area contributed by atoms with E-state index in [1.54, 1.807) is 21.9 Å². The summed E-state index contributed by atoms with van der Waals surface area (Å²) in [7, 11) is 0. The first-order valence-corrected chi connectivity index (χ1v) is 11.6. The molecule has 3 amide bonds. The molecule has 2 atom stereocenters. The zero-order valence-corrected chi connectivity index (χ0v) is 18.5. The van der Waals surface area contributed by atoms with Crippen molar-refractivity contribution >= 4 is 28.5 Å². The number of carbonyl (C=O) groups excluding carboxylic acids is 3. The molecule has 0 spiro atoms. The summed E-state index contributed by atoms with van der Waals surface area (Å²) in [6.45, 7) is 4.14. The van der Waals surface area contributed by atoms with E-state index in [0.717, 1.165) is 31.1 Å². The minimum absolute atomic E-state index is 0.00444. The molecule has 2 saturated heterocycles. The molecule has 0 bridgehead atoms. The highest BCUT2D eigenvalue weighted by atomic mass is 16.3. The second-order valence-electron chi connectivity index (χ2n) is 8.75. The molecule has 7 nitrogen and oxygen atoms in total. The van der Waals surface area contributed by atoms with E-state index in [9.17, 15) is 19.5 Å². The van der Waals surface area contributed by atoms with Crippen LogP contribution in [0.1, 0.15) is 49.4 Å². The number of rotatable bonds is 5. The Morgan fingerprint density at radius 1 is 1.06 bits per heavy atom. The number of hydrogen-bond acceptors (Lipinski definition) is 4. The van der Waals surface area contributed by atoms with Crippen LogP contribution in [0.3, 0.4) is 0 Å². The maximum atomic E-state index is 13.4. The monoisotopic (exact) mass is 437 g/mol. The third-order valence-electron chi connectivity index (χ3n) is 6.58. The van der Waals surface area contributed by atoms with E-state index in [2.05, 4.69) is 5.32 Å². The van der Waals surface area contributed by atoms with Gasteiger partial charge < -0.3 is 20.2 Å². The molecule has 2 heterocycles. The van der Waals surface area contributed by atoms with Gasteiger partial charge in [-0.2, -0.15) is 0 Å². The number of benzene rings is 2. The van der Waals surface area contributed by atoms with Gasteiger partial charge in [0, 0.05) is 31.6 Å². The molecule has 0 radical (unpaired) electrons. The van der Waals surface area contributed by atoms with Crippen molar-refractivity contribution in [2.24, 2.45) is 5.92 Å². The van der Waals surface area contributed by atoms with E-state index < -0.39 is 6.04 Å². The first kappa shape index (κ1) is 22.1. The molecule has 2 aliphatic rings. The fourth-order valence-corrected chi connectivity index (χ4v) is 4.84. The summed E-state index contributed by atoms with van der Waals surface area (Å²) >= 11 is 0. The van der Waals surface area contributed by atoms with E-state index >= 15 is 0 Å². The maximum absolute atomic E-state index is 13.4. The molecule has 4 rings (SSSR count). The fraction of sp³-hybridized carbons (Fsp3) is 0.480. The number of nitrogens with one attached hydrogen (secondary N) is 1. The second-order valence-corrected chi connectivity index (χ2v) is 8.75. The third-order valence-corrected chi connectivity index (χ3v) is 6.58. The van der Waals surface area contributed by atoms with Crippen LogP contribution < -0.4 is 5.32 Å². The zero-order valence-electron chi connectivity index (χ0n) is 18.5. The van der Waals surface area contributed by atoms with Gasteiger partial charge in [0.15, 0.2) is 0 Å². The molecular formula is C25H31N3O4. The van der Waals surface area contributed by atoms with Crippen molar-refractivity contribution in [3.63, 3.8) is 0 Å². The molecule has 2 aliphatic heterocycles. The van der Waals surface area contributed by atoms with Gasteiger partial charge in [-0.25, -0.2) is 0 Å². The Kier molecular flexibility index (Phi) is 6.63. The second kappa shape index (κ2) is 9.59. The summed E-state index contributed by atoms with van der Waals surface area (Å²) in [5.74, 6) is -0.654. The summed E-state index contributed by atoms with van der Waals surface area (Å²) < 4.78 is 0. The van der Waals surface area contributed by atoms with Crippen LogP contribution in [0.25, 0.3) is 10.8 Å². The maximum Gasteiger partial charge on any atom is 0.258 e. The van der Waals surface area contributed by atoms with Crippen molar-refractivity contribution in [3.05, 3.63) is 42.0 Å². The van der Waals surface area contributed by atoms with Crippen molar-refractivity contribution < 1.29 is 19.5 Å². The fourth-order valence-electron chi connectivity index (χ4n) is 4.84.